The quantitative estimate of drug-likeness (QED) is 0.422. The van der Waals surface area contributed by atoms with Gasteiger partial charge in [-0.25, -0.2) is 5.43 Å². The molecule has 0 radical (unpaired) electrons. The first-order valence-electron chi connectivity index (χ1n) is 7.31. The Morgan fingerprint density at radius 3 is 2.68 bits per heavy atom. The number of nitro groups is 1. The van der Waals surface area contributed by atoms with Gasteiger partial charge in [-0.3, -0.25) is 14.9 Å². The van der Waals surface area contributed by atoms with Gasteiger partial charge in [-0.05, 0) is 48.4 Å². The highest BCUT2D eigenvalue weighted by molar-refractivity contribution is 6.31. The van der Waals surface area contributed by atoms with Crippen molar-refractivity contribution in [3.63, 3.8) is 0 Å². The Morgan fingerprint density at radius 1 is 1.28 bits per heavy atom. The molecule has 2 aromatic carbocycles. The topological polar surface area (TPSA) is 100 Å². The van der Waals surface area contributed by atoms with Crippen LogP contribution in [-0.4, -0.2) is 22.0 Å². The van der Waals surface area contributed by atoms with Gasteiger partial charge >= 0.3 is 0 Å². The fraction of sp³-hybridized carbons (Fsp3) is 0.0588. The van der Waals surface area contributed by atoms with E-state index in [9.17, 15) is 14.9 Å². The van der Waals surface area contributed by atoms with Crippen LogP contribution < -0.4 is 5.43 Å². The van der Waals surface area contributed by atoms with Gasteiger partial charge in [0.25, 0.3) is 11.6 Å². The molecule has 8 heteroatoms. The zero-order chi connectivity index (χ0) is 18.0. The monoisotopic (exact) mass is 356 g/mol. The molecule has 1 amide bonds. The predicted molar refractivity (Wildman–Crippen MR) is 96.2 cm³/mol. The third kappa shape index (κ3) is 3.51. The van der Waals surface area contributed by atoms with Gasteiger partial charge in [0.2, 0.25) is 0 Å². The molecule has 2 N–H and O–H groups in total. The second-order valence-corrected chi connectivity index (χ2v) is 5.80. The Balaban J connectivity index is 1.74. The third-order valence-corrected chi connectivity index (χ3v) is 3.97. The van der Waals surface area contributed by atoms with E-state index in [0.717, 1.165) is 16.5 Å². The molecule has 0 atom stereocenters. The molecule has 0 saturated heterocycles. The number of rotatable bonds is 4. The van der Waals surface area contributed by atoms with E-state index < -0.39 is 4.92 Å². The minimum atomic E-state index is -0.479. The van der Waals surface area contributed by atoms with Crippen LogP contribution in [0.25, 0.3) is 10.9 Å². The summed E-state index contributed by atoms with van der Waals surface area (Å²) in [5.41, 5.74) is 5.05. The van der Waals surface area contributed by atoms with Crippen LogP contribution in [0.1, 0.15) is 21.6 Å². The number of nitrogens with one attached hydrogen (secondary N) is 2. The van der Waals surface area contributed by atoms with Gasteiger partial charge in [0.05, 0.1) is 11.1 Å². The molecule has 0 spiro atoms. The number of amides is 1. The van der Waals surface area contributed by atoms with Crippen LogP contribution in [-0.2, 0) is 0 Å². The fourth-order valence-corrected chi connectivity index (χ4v) is 2.60. The van der Waals surface area contributed by atoms with Crippen LogP contribution in [0.2, 0.25) is 5.02 Å². The number of aromatic nitrogens is 1. The molecular weight excluding hydrogens is 344 g/mol. The Kier molecular flexibility index (Phi) is 4.49. The van der Waals surface area contributed by atoms with Gasteiger partial charge in [0.1, 0.15) is 5.69 Å². The number of non-ortho nitro benzene ring substituents is 1. The maximum atomic E-state index is 12.3. The van der Waals surface area contributed by atoms with Crippen molar-refractivity contribution in [1.29, 1.82) is 0 Å². The number of benzene rings is 2. The van der Waals surface area contributed by atoms with Crippen molar-refractivity contribution in [2.24, 2.45) is 5.10 Å². The average Bonchev–Trinajstić information content (AvgIpc) is 2.92. The molecule has 0 unspecified atom stereocenters. The molecular formula is C17H13ClN4O3. The van der Waals surface area contributed by atoms with Crippen molar-refractivity contribution in [3.05, 3.63) is 74.4 Å². The average molecular weight is 357 g/mol. The zero-order valence-electron chi connectivity index (χ0n) is 13.1. The minimum absolute atomic E-state index is 0.00598. The molecule has 0 aliphatic heterocycles. The van der Waals surface area contributed by atoms with Crippen LogP contribution in [0, 0.1) is 17.0 Å². The van der Waals surface area contributed by atoms with E-state index in [2.05, 4.69) is 15.5 Å². The first-order valence-corrected chi connectivity index (χ1v) is 7.69. The van der Waals surface area contributed by atoms with Crippen LogP contribution in [0.5, 0.6) is 0 Å². The molecule has 25 heavy (non-hydrogen) atoms. The van der Waals surface area contributed by atoms with Crippen LogP contribution in [0.3, 0.4) is 0 Å². The Hall–Kier alpha value is -3.19. The molecule has 3 aromatic rings. The number of aromatic amines is 1. The minimum Gasteiger partial charge on any atom is -0.350 e. The van der Waals surface area contributed by atoms with Gasteiger partial charge in [0, 0.05) is 28.1 Å². The lowest BCUT2D eigenvalue weighted by Crippen LogP contribution is -2.18. The van der Waals surface area contributed by atoms with E-state index in [0.29, 0.717) is 16.3 Å². The molecule has 1 heterocycles. The van der Waals surface area contributed by atoms with Gasteiger partial charge in [-0.2, -0.15) is 5.10 Å². The van der Waals surface area contributed by atoms with E-state index in [1.54, 1.807) is 24.3 Å². The maximum Gasteiger partial charge on any atom is 0.288 e. The standard InChI is InChI=1S/C17H13ClN4O3/c1-10-14-8-12(18)4-7-15(14)20-16(10)17(23)21-19-9-11-2-5-13(6-3-11)22(24)25/h2-9,20H,1H3,(H,21,23)/b19-9-. The molecule has 0 aliphatic rings. The summed E-state index contributed by atoms with van der Waals surface area (Å²) in [4.78, 5) is 25.4. The molecule has 126 valence electrons. The maximum absolute atomic E-state index is 12.3. The number of hydrogen-bond donors (Lipinski definition) is 2. The van der Waals surface area contributed by atoms with Gasteiger partial charge < -0.3 is 4.98 Å². The van der Waals surface area contributed by atoms with Crippen molar-refractivity contribution < 1.29 is 9.72 Å². The SMILES string of the molecule is Cc1c(C(=O)N/N=C\c2ccc([N+](=O)[O-])cc2)[nH]c2ccc(Cl)cc12. The number of aryl methyl sites for hydroxylation is 1. The molecule has 3 rings (SSSR count). The smallest absolute Gasteiger partial charge is 0.288 e. The number of carbonyl (C=O) groups excluding carboxylic acids is 1. The van der Waals surface area contributed by atoms with Crippen molar-refractivity contribution in [3.8, 4) is 0 Å². The summed E-state index contributed by atoms with van der Waals surface area (Å²) >= 11 is 5.98. The Labute approximate surface area is 147 Å². The summed E-state index contributed by atoms with van der Waals surface area (Å²) in [5.74, 6) is -0.386. The van der Waals surface area contributed by atoms with Crippen LogP contribution in [0.4, 0.5) is 5.69 Å². The van der Waals surface area contributed by atoms with E-state index in [1.807, 2.05) is 13.0 Å². The number of halogens is 1. The molecule has 7 nitrogen and oxygen atoms in total. The molecule has 1 aromatic heterocycles. The second kappa shape index (κ2) is 6.74. The first kappa shape index (κ1) is 16.7. The van der Waals surface area contributed by atoms with Crippen molar-refractivity contribution in [1.82, 2.24) is 10.4 Å². The molecule has 0 bridgehead atoms. The molecule has 0 fully saturated rings. The summed E-state index contributed by atoms with van der Waals surface area (Å²) < 4.78 is 0. The highest BCUT2D eigenvalue weighted by Crippen LogP contribution is 2.24. The Bertz CT molecular complexity index is 993. The van der Waals surface area contributed by atoms with Crippen LogP contribution in [0.15, 0.2) is 47.6 Å². The van der Waals surface area contributed by atoms with Gasteiger partial charge in [0.15, 0.2) is 0 Å². The molecule has 0 aliphatic carbocycles. The second-order valence-electron chi connectivity index (χ2n) is 5.36. The largest absolute Gasteiger partial charge is 0.350 e. The highest BCUT2D eigenvalue weighted by Gasteiger charge is 2.14. The normalized spacial score (nSPS) is 11.1. The summed E-state index contributed by atoms with van der Waals surface area (Å²) in [6, 6.07) is 11.2. The summed E-state index contributed by atoms with van der Waals surface area (Å²) in [6.07, 6.45) is 1.41. The highest BCUT2D eigenvalue weighted by atomic mass is 35.5. The number of fused-ring (bicyclic) bond motifs is 1. The number of nitrogens with zero attached hydrogens (tertiary/aromatic N) is 2. The number of hydrogen-bond acceptors (Lipinski definition) is 4. The zero-order valence-corrected chi connectivity index (χ0v) is 13.9. The van der Waals surface area contributed by atoms with Gasteiger partial charge in [-0.1, -0.05) is 11.6 Å². The lowest BCUT2D eigenvalue weighted by molar-refractivity contribution is -0.384. The lowest BCUT2D eigenvalue weighted by Gasteiger charge is -1.99. The summed E-state index contributed by atoms with van der Waals surface area (Å²) in [6.45, 7) is 1.82. The van der Waals surface area contributed by atoms with Crippen LogP contribution >= 0.6 is 11.6 Å². The van der Waals surface area contributed by atoms with E-state index in [4.69, 9.17) is 11.6 Å². The van der Waals surface area contributed by atoms with E-state index in [-0.39, 0.29) is 11.6 Å². The molecule has 0 saturated carbocycles. The first-order chi connectivity index (χ1) is 12.0. The van der Waals surface area contributed by atoms with E-state index >= 15 is 0 Å². The number of H-pyrrole nitrogens is 1. The lowest BCUT2D eigenvalue weighted by atomic mass is 10.1. The summed E-state index contributed by atoms with van der Waals surface area (Å²) in [5, 5.41) is 16.0. The fourth-order valence-electron chi connectivity index (χ4n) is 2.43. The van der Waals surface area contributed by atoms with Gasteiger partial charge in [-0.15, -0.1) is 0 Å². The number of nitro benzene ring substituents is 1. The van der Waals surface area contributed by atoms with Crippen molar-refractivity contribution in [2.45, 2.75) is 6.92 Å². The van der Waals surface area contributed by atoms with Crippen molar-refractivity contribution in [2.75, 3.05) is 0 Å². The van der Waals surface area contributed by atoms with E-state index in [1.165, 1.54) is 18.3 Å². The van der Waals surface area contributed by atoms with Crippen molar-refractivity contribution >= 4 is 40.3 Å². The predicted octanol–water partition coefficient (Wildman–Crippen LogP) is 3.80. The number of hydrazone groups is 1. The Morgan fingerprint density at radius 2 is 2.00 bits per heavy atom. The number of carbonyl (C=O) groups is 1. The third-order valence-electron chi connectivity index (χ3n) is 3.73. The summed E-state index contributed by atoms with van der Waals surface area (Å²) in [7, 11) is 0.